The molecule has 0 saturated heterocycles. The largest absolute Gasteiger partial charge is 0.425 e. The highest BCUT2D eigenvalue weighted by Crippen LogP contribution is 2.41. The Balaban J connectivity index is 3.64. The molecule has 0 spiro atoms. The summed E-state index contributed by atoms with van der Waals surface area (Å²) in [6.07, 6.45) is 0. The van der Waals surface area contributed by atoms with Crippen LogP contribution >= 0.6 is 23.0 Å². The predicted octanol–water partition coefficient (Wildman–Crippen LogP) is 2.36. The highest BCUT2D eigenvalue weighted by Gasteiger charge is 2.18. The Kier molecular flexibility index (Phi) is 3.14. The van der Waals surface area contributed by atoms with Gasteiger partial charge >= 0.3 is 0 Å². The first kappa shape index (κ1) is 11.0. The van der Waals surface area contributed by atoms with Crippen molar-refractivity contribution in [3.8, 4) is 5.75 Å². The van der Waals surface area contributed by atoms with E-state index >= 15 is 0 Å². The van der Waals surface area contributed by atoms with Gasteiger partial charge in [0.2, 0.25) is 0 Å². The van der Waals surface area contributed by atoms with Crippen molar-refractivity contribution in [3.63, 3.8) is 0 Å². The molecule has 0 amide bonds. The first-order valence-corrected chi connectivity index (χ1v) is 4.55. The summed E-state index contributed by atoms with van der Waals surface area (Å²) >= 11 is 1.62. The molecular weight excluding hydrogens is 300 g/mol. The Hall–Kier alpha value is -1.05. The van der Waals surface area contributed by atoms with Gasteiger partial charge in [-0.3, -0.25) is 4.99 Å². The van der Waals surface area contributed by atoms with E-state index < -0.39 is 5.82 Å². The fourth-order valence-electron chi connectivity index (χ4n) is 1.16. The summed E-state index contributed by atoms with van der Waals surface area (Å²) in [7, 11) is 0. The van der Waals surface area contributed by atoms with Gasteiger partial charge < -0.3 is 14.5 Å². The zero-order valence-corrected chi connectivity index (χ0v) is 9.63. The minimum Gasteiger partial charge on any atom is -0.425 e. The number of aliphatic imine (C=N–C) groups is 1. The van der Waals surface area contributed by atoms with E-state index in [0.717, 1.165) is 0 Å². The lowest BCUT2D eigenvalue weighted by molar-refractivity contribution is 0.624. The molecule has 6 heteroatoms. The predicted molar refractivity (Wildman–Crippen MR) is 63.8 cm³/mol. The van der Waals surface area contributed by atoms with E-state index in [2.05, 4.69) is 11.7 Å². The molecule has 14 heavy (non-hydrogen) atoms. The molecule has 4 N–H and O–H groups in total. The van der Waals surface area contributed by atoms with Gasteiger partial charge in [-0.2, -0.15) is 0 Å². The van der Waals surface area contributed by atoms with Crippen LogP contribution < -0.4 is 14.5 Å². The summed E-state index contributed by atoms with van der Waals surface area (Å²) in [6.45, 7) is 4.99. The van der Waals surface area contributed by atoms with Crippen LogP contribution in [0.3, 0.4) is 0 Å². The van der Waals surface area contributed by atoms with Crippen molar-refractivity contribution in [2.75, 3.05) is 11.5 Å². The first-order valence-electron chi connectivity index (χ1n) is 3.66. The van der Waals surface area contributed by atoms with E-state index in [0.29, 0.717) is 5.56 Å². The summed E-state index contributed by atoms with van der Waals surface area (Å²) in [4.78, 5) is 3.63. The molecule has 76 valence electrons. The lowest BCUT2D eigenvalue weighted by Crippen LogP contribution is -2.01. The molecule has 0 radical (unpaired) electrons. The molecule has 4 nitrogen and oxygen atoms in total. The average molecular weight is 309 g/mol. The maximum Gasteiger partial charge on any atom is 0.192 e. The zero-order chi connectivity index (χ0) is 10.9. The fraction of sp³-hybridized carbons (Fsp3) is 0.125. The van der Waals surface area contributed by atoms with Crippen LogP contribution in [0.15, 0.2) is 4.99 Å². The lowest BCUT2D eigenvalue weighted by Gasteiger charge is -2.12. The Morgan fingerprint density at radius 2 is 2.00 bits per heavy atom. The summed E-state index contributed by atoms with van der Waals surface area (Å²) in [5.74, 6) is -0.482. The molecule has 0 aliphatic rings. The van der Waals surface area contributed by atoms with Crippen molar-refractivity contribution in [1.82, 2.24) is 0 Å². The van der Waals surface area contributed by atoms with Gasteiger partial charge in [-0.25, -0.2) is 4.39 Å². The molecule has 0 aliphatic heterocycles. The van der Waals surface area contributed by atoms with Crippen LogP contribution in [-0.4, -0.2) is 6.72 Å². The molecule has 0 atom stereocenters. The van der Waals surface area contributed by atoms with Crippen molar-refractivity contribution in [3.05, 3.63) is 11.4 Å². The van der Waals surface area contributed by atoms with Gasteiger partial charge in [0, 0.05) is 5.56 Å². The third kappa shape index (κ3) is 1.49. The minimum absolute atomic E-state index is 0.104. The highest BCUT2D eigenvalue weighted by molar-refractivity contribution is 14.1. The Bertz CT molecular complexity index is 395. The molecule has 0 unspecified atom stereocenters. The van der Waals surface area contributed by atoms with E-state index in [4.69, 9.17) is 14.5 Å². The molecule has 1 rings (SSSR count). The fourth-order valence-corrected chi connectivity index (χ4v) is 1.73. The summed E-state index contributed by atoms with van der Waals surface area (Å²) in [5.41, 5.74) is 11.6. The van der Waals surface area contributed by atoms with E-state index in [1.54, 1.807) is 29.9 Å². The SMILES string of the molecule is C=Nc1c(C)c(OI)c(N)c(F)c1N. The number of anilines is 2. The second kappa shape index (κ2) is 3.99. The topological polar surface area (TPSA) is 73.6 Å². The summed E-state index contributed by atoms with van der Waals surface area (Å²) in [5, 5.41) is 0. The number of halogens is 2. The molecule has 0 saturated carbocycles. The molecule has 0 fully saturated rings. The first-order chi connectivity index (χ1) is 6.54. The average Bonchev–Trinajstić information content (AvgIpc) is 2.16. The van der Waals surface area contributed by atoms with Crippen molar-refractivity contribution >= 4 is 46.8 Å². The number of hydrogen-bond acceptors (Lipinski definition) is 4. The van der Waals surface area contributed by atoms with Gasteiger partial charge in [-0.05, 0) is 13.6 Å². The second-order valence-electron chi connectivity index (χ2n) is 2.68. The van der Waals surface area contributed by atoms with Crippen LogP contribution in [-0.2, 0) is 0 Å². The van der Waals surface area contributed by atoms with Gasteiger partial charge in [-0.15, -0.1) is 0 Å². The Morgan fingerprint density at radius 1 is 1.43 bits per heavy atom. The van der Waals surface area contributed by atoms with Gasteiger partial charge in [0.25, 0.3) is 0 Å². The smallest absolute Gasteiger partial charge is 0.192 e. The quantitative estimate of drug-likeness (QED) is 0.500. The molecule has 1 aromatic rings. The summed E-state index contributed by atoms with van der Waals surface area (Å²) in [6, 6.07) is 0. The van der Waals surface area contributed by atoms with Crippen LogP contribution in [0.25, 0.3) is 0 Å². The third-order valence-corrected chi connectivity index (χ3v) is 2.34. The van der Waals surface area contributed by atoms with Gasteiger partial charge in [0.1, 0.15) is 5.69 Å². The van der Waals surface area contributed by atoms with E-state index in [-0.39, 0.29) is 22.8 Å². The van der Waals surface area contributed by atoms with Crippen LogP contribution in [0.2, 0.25) is 0 Å². The van der Waals surface area contributed by atoms with Crippen molar-refractivity contribution in [2.45, 2.75) is 6.92 Å². The third-order valence-electron chi connectivity index (χ3n) is 1.90. The monoisotopic (exact) mass is 309 g/mol. The molecule has 0 heterocycles. The van der Waals surface area contributed by atoms with Crippen molar-refractivity contribution < 1.29 is 7.46 Å². The zero-order valence-electron chi connectivity index (χ0n) is 7.47. The van der Waals surface area contributed by atoms with E-state index in [1.165, 1.54) is 0 Å². The Morgan fingerprint density at radius 3 is 2.43 bits per heavy atom. The number of benzene rings is 1. The van der Waals surface area contributed by atoms with Crippen LogP contribution in [0.5, 0.6) is 5.75 Å². The second-order valence-corrected chi connectivity index (χ2v) is 3.12. The number of rotatable bonds is 2. The number of nitrogen functional groups attached to an aromatic ring is 2. The van der Waals surface area contributed by atoms with E-state index in [9.17, 15) is 4.39 Å². The number of nitrogens with zero attached hydrogens (tertiary/aromatic N) is 1. The number of nitrogens with two attached hydrogens (primary N) is 2. The van der Waals surface area contributed by atoms with Crippen molar-refractivity contribution in [1.29, 1.82) is 0 Å². The molecule has 0 aliphatic carbocycles. The molecule has 0 aromatic heterocycles. The van der Waals surface area contributed by atoms with Crippen molar-refractivity contribution in [2.24, 2.45) is 4.99 Å². The van der Waals surface area contributed by atoms with E-state index in [1.807, 2.05) is 0 Å². The molecular formula is C8H9FIN3O. The standard InChI is InChI=1S/C8H9FIN3O/c1-3-7(13-2)5(11)4(9)6(12)8(3)14-10/h2,11-12H2,1H3. The number of hydrogen-bond donors (Lipinski definition) is 2. The Labute approximate surface area is 94.8 Å². The minimum atomic E-state index is -0.718. The van der Waals surface area contributed by atoms with Gasteiger partial charge in [0.15, 0.2) is 34.6 Å². The summed E-state index contributed by atoms with van der Waals surface area (Å²) < 4.78 is 18.3. The molecule has 0 bridgehead atoms. The highest BCUT2D eigenvalue weighted by atomic mass is 127. The molecule has 1 aromatic carbocycles. The maximum atomic E-state index is 13.4. The lowest BCUT2D eigenvalue weighted by atomic mass is 10.1. The van der Waals surface area contributed by atoms with Gasteiger partial charge in [0.05, 0.1) is 11.4 Å². The van der Waals surface area contributed by atoms with Crippen LogP contribution in [0, 0.1) is 12.7 Å². The normalized spacial score (nSPS) is 9.93. The maximum absolute atomic E-state index is 13.4. The van der Waals surface area contributed by atoms with Crippen LogP contribution in [0.1, 0.15) is 5.56 Å². The van der Waals surface area contributed by atoms with Gasteiger partial charge in [-0.1, -0.05) is 0 Å². The van der Waals surface area contributed by atoms with Crippen LogP contribution in [0.4, 0.5) is 21.5 Å².